The molecule has 0 radical (unpaired) electrons. The summed E-state index contributed by atoms with van der Waals surface area (Å²) in [5.41, 5.74) is 2.01. The molecule has 3 aromatic carbocycles. The van der Waals surface area contributed by atoms with E-state index < -0.39 is 17.9 Å². The van der Waals surface area contributed by atoms with Gasteiger partial charge in [-0.15, -0.1) is 10.2 Å². The second-order valence-corrected chi connectivity index (χ2v) is 8.50. The molecule has 1 aromatic heterocycles. The number of nitrogens with one attached hydrogen (secondary N) is 2. The van der Waals surface area contributed by atoms with Crippen molar-refractivity contribution in [3.63, 3.8) is 0 Å². The number of carbonyl (C=O) groups excluding carboxylic acids is 2. The Morgan fingerprint density at radius 3 is 2.11 bits per heavy atom. The minimum absolute atomic E-state index is 0.214. The van der Waals surface area contributed by atoms with Crippen molar-refractivity contribution in [2.75, 3.05) is 19.5 Å². The van der Waals surface area contributed by atoms with Crippen LogP contribution < -0.4 is 20.1 Å². The summed E-state index contributed by atoms with van der Waals surface area (Å²) in [6.07, 6.45) is 0.278. The highest BCUT2D eigenvalue weighted by Crippen LogP contribution is 2.29. The Balaban J connectivity index is 1.57. The summed E-state index contributed by atoms with van der Waals surface area (Å²) >= 11 is 1.26. The van der Waals surface area contributed by atoms with Crippen molar-refractivity contribution in [3.8, 4) is 22.1 Å². The molecule has 0 aliphatic heterocycles. The van der Waals surface area contributed by atoms with Crippen LogP contribution in [0.1, 0.15) is 15.9 Å². The third-order valence-corrected chi connectivity index (χ3v) is 6.12. The second-order valence-electron chi connectivity index (χ2n) is 7.52. The lowest BCUT2D eigenvalue weighted by molar-refractivity contribution is -0.118. The van der Waals surface area contributed by atoms with Crippen LogP contribution in [0.2, 0.25) is 0 Å². The lowest BCUT2D eigenvalue weighted by atomic mass is 10.0. The summed E-state index contributed by atoms with van der Waals surface area (Å²) in [4.78, 5) is 26.6. The van der Waals surface area contributed by atoms with E-state index in [-0.39, 0.29) is 12.0 Å². The quantitative estimate of drug-likeness (QED) is 0.366. The van der Waals surface area contributed by atoms with Crippen molar-refractivity contribution in [2.45, 2.75) is 12.5 Å². The van der Waals surface area contributed by atoms with E-state index >= 15 is 0 Å². The number of hydrogen-bond donors (Lipinski definition) is 2. The average molecular weight is 489 g/mol. The van der Waals surface area contributed by atoms with E-state index in [0.717, 1.165) is 11.1 Å². The average Bonchev–Trinajstić information content (AvgIpc) is 3.37. The third kappa shape index (κ3) is 5.82. The van der Waals surface area contributed by atoms with Crippen molar-refractivity contribution in [3.05, 3.63) is 90.0 Å². The minimum atomic E-state index is -0.886. The van der Waals surface area contributed by atoms with Crippen LogP contribution in [-0.2, 0) is 11.2 Å². The fourth-order valence-corrected chi connectivity index (χ4v) is 4.28. The van der Waals surface area contributed by atoms with E-state index in [2.05, 4.69) is 20.8 Å². The first kappa shape index (κ1) is 23.9. The lowest BCUT2D eigenvalue weighted by Gasteiger charge is -2.19. The molecular formula is C26H24N4O4S. The van der Waals surface area contributed by atoms with E-state index in [1.165, 1.54) is 25.6 Å². The zero-order valence-corrected chi connectivity index (χ0v) is 20.0. The first-order chi connectivity index (χ1) is 17.1. The normalized spacial score (nSPS) is 11.4. The molecule has 0 saturated heterocycles. The first-order valence-corrected chi connectivity index (χ1v) is 11.7. The number of aromatic nitrogens is 2. The molecule has 2 N–H and O–H groups in total. The van der Waals surface area contributed by atoms with E-state index in [1.807, 2.05) is 60.7 Å². The summed E-state index contributed by atoms with van der Waals surface area (Å²) in [6, 6.07) is 23.2. The predicted molar refractivity (Wildman–Crippen MR) is 135 cm³/mol. The standard InChI is InChI=1S/C26H24N4O4S/c1-33-20-14-9-15-21(34-2)22(20)24(32)27-19(16-17-10-5-3-6-11-17)23(31)28-26-30-29-25(35-26)18-12-7-4-8-13-18/h3-15,19H,16H2,1-2H3,(H,27,32)(H,28,30,31). The van der Waals surface area contributed by atoms with Crippen LogP contribution >= 0.6 is 11.3 Å². The van der Waals surface area contributed by atoms with Crippen molar-refractivity contribution in [1.82, 2.24) is 15.5 Å². The maximum Gasteiger partial charge on any atom is 0.259 e. The number of carbonyl (C=O) groups is 2. The van der Waals surface area contributed by atoms with Crippen LogP contribution in [0.5, 0.6) is 11.5 Å². The Bertz CT molecular complexity index is 1270. The summed E-state index contributed by atoms with van der Waals surface area (Å²) in [7, 11) is 2.94. The highest BCUT2D eigenvalue weighted by atomic mass is 32.1. The summed E-state index contributed by atoms with van der Waals surface area (Å²) in [5, 5.41) is 14.9. The molecule has 4 rings (SSSR count). The molecule has 1 heterocycles. The SMILES string of the molecule is COc1cccc(OC)c1C(=O)NC(Cc1ccccc1)C(=O)Nc1nnc(-c2ccccc2)s1. The molecule has 1 unspecified atom stereocenters. The minimum Gasteiger partial charge on any atom is -0.496 e. The zero-order valence-electron chi connectivity index (χ0n) is 19.2. The number of rotatable bonds is 9. The number of methoxy groups -OCH3 is 2. The highest BCUT2D eigenvalue weighted by molar-refractivity contribution is 7.18. The van der Waals surface area contributed by atoms with Gasteiger partial charge in [-0.3, -0.25) is 14.9 Å². The molecule has 35 heavy (non-hydrogen) atoms. The van der Waals surface area contributed by atoms with Gasteiger partial charge < -0.3 is 14.8 Å². The number of amides is 2. The zero-order chi connectivity index (χ0) is 24.6. The molecular weight excluding hydrogens is 464 g/mol. The Morgan fingerprint density at radius 2 is 1.49 bits per heavy atom. The third-order valence-electron chi connectivity index (χ3n) is 5.24. The topological polar surface area (TPSA) is 102 Å². The van der Waals surface area contributed by atoms with Gasteiger partial charge in [0, 0.05) is 12.0 Å². The maximum absolute atomic E-state index is 13.3. The van der Waals surface area contributed by atoms with E-state index in [1.54, 1.807) is 18.2 Å². The van der Waals surface area contributed by atoms with Gasteiger partial charge in [0.05, 0.1) is 14.2 Å². The number of anilines is 1. The van der Waals surface area contributed by atoms with Crippen LogP contribution in [0, 0.1) is 0 Å². The van der Waals surface area contributed by atoms with Gasteiger partial charge in [0.15, 0.2) is 0 Å². The van der Waals surface area contributed by atoms with E-state index in [9.17, 15) is 9.59 Å². The summed E-state index contributed by atoms with van der Waals surface area (Å²) in [5.74, 6) is -0.209. The molecule has 0 saturated carbocycles. The van der Waals surface area contributed by atoms with Crippen molar-refractivity contribution in [2.24, 2.45) is 0 Å². The predicted octanol–water partition coefficient (Wildman–Crippen LogP) is 4.20. The molecule has 0 bridgehead atoms. The molecule has 0 aliphatic rings. The van der Waals surface area contributed by atoms with Crippen LogP contribution in [0.15, 0.2) is 78.9 Å². The van der Waals surface area contributed by atoms with Gasteiger partial charge in [-0.05, 0) is 17.7 Å². The molecule has 4 aromatic rings. The van der Waals surface area contributed by atoms with Gasteiger partial charge in [-0.25, -0.2) is 0 Å². The highest BCUT2D eigenvalue weighted by Gasteiger charge is 2.26. The summed E-state index contributed by atoms with van der Waals surface area (Å²) < 4.78 is 10.7. The molecule has 2 amide bonds. The molecule has 1 atom stereocenters. The van der Waals surface area contributed by atoms with Gasteiger partial charge >= 0.3 is 0 Å². The number of benzene rings is 3. The Labute approximate surface area is 206 Å². The smallest absolute Gasteiger partial charge is 0.259 e. The largest absolute Gasteiger partial charge is 0.496 e. The monoisotopic (exact) mass is 488 g/mol. The van der Waals surface area contributed by atoms with Crippen molar-refractivity contribution in [1.29, 1.82) is 0 Å². The molecule has 0 spiro atoms. The fraction of sp³-hybridized carbons (Fsp3) is 0.154. The van der Waals surface area contributed by atoms with Crippen LogP contribution in [-0.4, -0.2) is 42.3 Å². The van der Waals surface area contributed by atoms with Gasteiger partial charge in [-0.2, -0.15) is 0 Å². The van der Waals surface area contributed by atoms with E-state index in [4.69, 9.17) is 9.47 Å². The molecule has 0 fully saturated rings. The Kier molecular flexibility index (Phi) is 7.69. The first-order valence-electron chi connectivity index (χ1n) is 10.8. The molecule has 178 valence electrons. The molecule has 0 aliphatic carbocycles. The van der Waals surface area contributed by atoms with E-state index in [0.29, 0.717) is 21.6 Å². The van der Waals surface area contributed by atoms with Crippen molar-refractivity contribution >= 4 is 28.3 Å². The lowest BCUT2D eigenvalue weighted by Crippen LogP contribution is -2.45. The van der Waals surface area contributed by atoms with Gasteiger partial charge in [-0.1, -0.05) is 78.1 Å². The molecule has 8 nitrogen and oxygen atoms in total. The summed E-state index contributed by atoms with van der Waals surface area (Å²) in [6.45, 7) is 0. The number of ether oxygens (including phenoxy) is 2. The Hall–Kier alpha value is -4.24. The number of nitrogens with zero attached hydrogens (tertiary/aromatic N) is 2. The van der Waals surface area contributed by atoms with Crippen molar-refractivity contribution < 1.29 is 19.1 Å². The maximum atomic E-state index is 13.3. The second kappa shape index (κ2) is 11.3. The van der Waals surface area contributed by atoms with Crippen LogP contribution in [0.3, 0.4) is 0 Å². The van der Waals surface area contributed by atoms with Crippen LogP contribution in [0.4, 0.5) is 5.13 Å². The molecule has 9 heteroatoms. The van der Waals surface area contributed by atoms with Gasteiger partial charge in [0.2, 0.25) is 11.0 Å². The van der Waals surface area contributed by atoms with Gasteiger partial charge in [0.1, 0.15) is 28.1 Å². The van der Waals surface area contributed by atoms with Crippen LogP contribution in [0.25, 0.3) is 10.6 Å². The fourth-order valence-electron chi connectivity index (χ4n) is 3.53. The van der Waals surface area contributed by atoms with Gasteiger partial charge in [0.25, 0.3) is 5.91 Å². The number of hydrogen-bond acceptors (Lipinski definition) is 7. The Morgan fingerprint density at radius 1 is 0.857 bits per heavy atom.